The molecule has 0 amide bonds. The zero-order chi connectivity index (χ0) is 7.90. The van der Waals surface area contributed by atoms with Gasteiger partial charge in [-0.3, -0.25) is 4.68 Å². The molecule has 1 fully saturated rings. The topological polar surface area (TPSA) is 17.8 Å². The number of aromatic nitrogens is 2. The van der Waals surface area contributed by atoms with E-state index in [9.17, 15) is 0 Å². The van der Waals surface area contributed by atoms with E-state index in [1.54, 1.807) is 4.68 Å². The van der Waals surface area contributed by atoms with E-state index in [1.807, 2.05) is 19.3 Å². The Morgan fingerprint density at radius 2 is 2.45 bits per heavy atom. The minimum Gasteiger partial charge on any atom is -0.275 e. The minimum absolute atomic E-state index is 0.00125. The summed E-state index contributed by atoms with van der Waals surface area (Å²) in [6.07, 6.45) is 9.54. The highest BCUT2D eigenvalue weighted by atomic mass is 15.3. The lowest BCUT2D eigenvalue weighted by molar-refractivity contribution is 0.721. The molecule has 1 saturated carbocycles. The van der Waals surface area contributed by atoms with Crippen LogP contribution in [0.5, 0.6) is 0 Å². The smallest absolute Gasteiger partial charge is 0.0805 e. The summed E-state index contributed by atoms with van der Waals surface area (Å²) < 4.78 is 1.80. The Balaban J connectivity index is 2.38. The lowest BCUT2D eigenvalue weighted by Gasteiger charge is -2.00. The average molecular weight is 146 g/mol. The largest absolute Gasteiger partial charge is 0.275 e. The first kappa shape index (κ1) is 6.48. The van der Waals surface area contributed by atoms with E-state index < -0.39 is 0 Å². The summed E-state index contributed by atoms with van der Waals surface area (Å²) >= 11 is 0. The van der Waals surface area contributed by atoms with Crippen molar-refractivity contribution < 1.29 is 0 Å². The second kappa shape index (κ2) is 1.88. The van der Waals surface area contributed by atoms with Crippen LogP contribution in [0.25, 0.3) is 0 Å². The maximum Gasteiger partial charge on any atom is 0.0805 e. The molecule has 2 heteroatoms. The molecular weight excluding hydrogens is 136 g/mol. The van der Waals surface area contributed by atoms with Gasteiger partial charge >= 0.3 is 0 Å². The molecule has 0 aliphatic heterocycles. The van der Waals surface area contributed by atoms with Crippen molar-refractivity contribution in [3.63, 3.8) is 0 Å². The zero-order valence-corrected chi connectivity index (χ0v) is 6.54. The Kier molecular flexibility index (Phi) is 1.11. The fraction of sp³-hybridized carbons (Fsp3) is 0.444. The van der Waals surface area contributed by atoms with Gasteiger partial charge in [-0.1, -0.05) is 5.92 Å². The van der Waals surface area contributed by atoms with Gasteiger partial charge in [-0.25, -0.2) is 0 Å². The van der Waals surface area contributed by atoms with Gasteiger partial charge in [0.25, 0.3) is 0 Å². The van der Waals surface area contributed by atoms with Gasteiger partial charge in [-0.2, -0.15) is 5.10 Å². The molecule has 0 radical (unpaired) electrons. The molecule has 11 heavy (non-hydrogen) atoms. The summed E-state index contributed by atoms with van der Waals surface area (Å²) in [7, 11) is 1.91. The Morgan fingerprint density at radius 3 is 2.82 bits per heavy atom. The van der Waals surface area contributed by atoms with Gasteiger partial charge in [0.05, 0.1) is 11.1 Å². The molecule has 1 aliphatic carbocycles. The predicted octanol–water partition coefficient (Wildman–Crippen LogP) is 1.08. The summed E-state index contributed by atoms with van der Waals surface area (Å²) in [5.41, 5.74) is 1.06. The molecule has 1 aromatic rings. The molecular formula is C9H10N2. The van der Waals surface area contributed by atoms with E-state index in [4.69, 9.17) is 6.42 Å². The molecule has 0 N–H and O–H groups in total. The molecule has 0 unspecified atom stereocenters. The lowest BCUT2D eigenvalue weighted by atomic mass is 10.1. The molecule has 1 aromatic heterocycles. The summed E-state index contributed by atoms with van der Waals surface area (Å²) in [5.74, 6) is 2.81. The fourth-order valence-electron chi connectivity index (χ4n) is 1.27. The first-order valence-corrected chi connectivity index (χ1v) is 3.75. The van der Waals surface area contributed by atoms with E-state index in [2.05, 4.69) is 11.0 Å². The Morgan fingerprint density at radius 1 is 1.73 bits per heavy atom. The van der Waals surface area contributed by atoms with E-state index in [0.717, 1.165) is 18.5 Å². The van der Waals surface area contributed by atoms with Crippen LogP contribution in [-0.4, -0.2) is 9.78 Å². The third-order valence-corrected chi connectivity index (χ3v) is 2.23. The Hall–Kier alpha value is -1.23. The molecule has 56 valence electrons. The second-order valence-corrected chi connectivity index (χ2v) is 3.10. The first-order chi connectivity index (χ1) is 5.27. The van der Waals surface area contributed by atoms with Gasteiger partial charge < -0.3 is 0 Å². The van der Waals surface area contributed by atoms with Crippen molar-refractivity contribution >= 4 is 0 Å². The first-order valence-electron chi connectivity index (χ1n) is 3.75. The number of nitrogens with zero attached hydrogens (tertiary/aromatic N) is 2. The van der Waals surface area contributed by atoms with Crippen molar-refractivity contribution in [2.24, 2.45) is 7.05 Å². The van der Waals surface area contributed by atoms with Crippen LogP contribution >= 0.6 is 0 Å². The van der Waals surface area contributed by atoms with Crippen molar-refractivity contribution in [2.45, 2.75) is 18.3 Å². The van der Waals surface area contributed by atoms with Crippen molar-refractivity contribution in [2.75, 3.05) is 0 Å². The zero-order valence-electron chi connectivity index (χ0n) is 6.54. The Bertz CT molecular complexity index is 313. The minimum atomic E-state index is 0.00125. The molecule has 1 aliphatic rings. The summed E-state index contributed by atoms with van der Waals surface area (Å²) in [5, 5.41) is 4.29. The van der Waals surface area contributed by atoms with Gasteiger partial charge in [0.2, 0.25) is 0 Å². The van der Waals surface area contributed by atoms with Gasteiger partial charge in [0.1, 0.15) is 0 Å². The molecule has 0 bridgehead atoms. The van der Waals surface area contributed by atoms with E-state index in [-0.39, 0.29) is 5.41 Å². The number of hydrogen-bond donors (Lipinski definition) is 0. The molecule has 0 spiro atoms. The molecule has 0 saturated heterocycles. The Labute approximate surface area is 66.2 Å². The van der Waals surface area contributed by atoms with Gasteiger partial charge in [0, 0.05) is 13.2 Å². The fourth-order valence-corrected chi connectivity index (χ4v) is 1.27. The summed E-state index contributed by atoms with van der Waals surface area (Å²) in [6.45, 7) is 0. The van der Waals surface area contributed by atoms with Crippen LogP contribution in [0, 0.1) is 12.3 Å². The number of rotatable bonds is 1. The van der Waals surface area contributed by atoms with Crippen LogP contribution in [0.15, 0.2) is 12.3 Å². The molecule has 2 nitrogen and oxygen atoms in total. The van der Waals surface area contributed by atoms with Crippen molar-refractivity contribution in [1.29, 1.82) is 0 Å². The molecule has 1 heterocycles. The maximum absolute atomic E-state index is 5.41. The van der Waals surface area contributed by atoms with Crippen LogP contribution in [-0.2, 0) is 12.5 Å². The van der Waals surface area contributed by atoms with E-state index in [1.165, 1.54) is 0 Å². The van der Waals surface area contributed by atoms with Crippen molar-refractivity contribution in [1.82, 2.24) is 9.78 Å². The highest BCUT2D eigenvalue weighted by Gasteiger charge is 2.44. The van der Waals surface area contributed by atoms with E-state index >= 15 is 0 Å². The highest BCUT2D eigenvalue weighted by Crippen LogP contribution is 2.46. The van der Waals surface area contributed by atoms with Crippen LogP contribution < -0.4 is 0 Å². The average Bonchev–Trinajstić information content (AvgIpc) is 2.70. The van der Waals surface area contributed by atoms with Gasteiger partial charge in [-0.15, -0.1) is 6.42 Å². The lowest BCUT2D eigenvalue weighted by Crippen LogP contribution is -2.04. The number of aryl methyl sites for hydroxylation is 1. The van der Waals surface area contributed by atoms with E-state index in [0.29, 0.717) is 0 Å². The highest BCUT2D eigenvalue weighted by molar-refractivity contribution is 5.35. The SMILES string of the molecule is C#CC1(c2ccn(C)n2)CC1. The number of hydrogen-bond acceptors (Lipinski definition) is 1. The monoisotopic (exact) mass is 146 g/mol. The third kappa shape index (κ3) is 0.848. The summed E-state index contributed by atoms with van der Waals surface area (Å²) in [6, 6.07) is 2.01. The quantitative estimate of drug-likeness (QED) is 0.542. The molecule has 0 aromatic carbocycles. The van der Waals surface area contributed by atoms with Crippen molar-refractivity contribution in [3.05, 3.63) is 18.0 Å². The molecule has 0 atom stereocenters. The molecule has 2 rings (SSSR count). The standard InChI is InChI=1S/C9H10N2/c1-3-9(5-6-9)8-4-7-11(2)10-8/h1,4,7H,5-6H2,2H3. The van der Waals surface area contributed by atoms with Crippen LogP contribution in [0.3, 0.4) is 0 Å². The van der Waals surface area contributed by atoms with Gasteiger partial charge in [0.15, 0.2) is 0 Å². The predicted molar refractivity (Wildman–Crippen MR) is 43.0 cm³/mol. The van der Waals surface area contributed by atoms with Crippen LogP contribution in [0.4, 0.5) is 0 Å². The third-order valence-electron chi connectivity index (χ3n) is 2.23. The van der Waals surface area contributed by atoms with Crippen molar-refractivity contribution in [3.8, 4) is 12.3 Å². The second-order valence-electron chi connectivity index (χ2n) is 3.10. The van der Waals surface area contributed by atoms with Crippen LogP contribution in [0.2, 0.25) is 0 Å². The number of terminal acetylenes is 1. The summed E-state index contributed by atoms with van der Waals surface area (Å²) in [4.78, 5) is 0. The normalized spacial score (nSPS) is 19.3. The van der Waals surface area contributed by atoms with Crippen LogP contribution in [0.1, 0.15) is 18.5 Å². The van der Waals surface area contributed by atoms with Gasteiger partial charge in [-0.05, 0) is 18.9 Å². The maximum atomic E-state index is 5.41.